The minimum atomic E-state index is -0.169. The molecule has 39 heavy (non-hydrogen) atoms. The van der Waals surface area contributed by atoms with Gasteiger partial charge in [0, 0.05) is 5.41 Å². The molecule has 0 radical (unpaired) electrons. The zero-order chi connectivity index (χ0) is 30.9. The fourth-order valence-corrected chi connectivity index (χ4v) is 6.40. The van der Waals surface area contributed by atoms with E-state index in [9.17, 15) is 0 Å². The van der Waals surface area contributed by atoms with Gasteiger partial charge in [0.1, 0.15) is 0 Å². The number of benzene rings is 2. The molecule has 0 N–H and O–H groups in total. The standard InChI is InChI=1S/C39H64/c1-33(2,3)25-21-22-26(27(23-25)34(4,5)6)39(19,20)29-24-28(35(7,8)9)30(36(10,11)12)32(38(16,17)18)31(29)37(13,14)15/h21-24H,1-20H3. The first kappa shape index (κ1) is 33.6. The van der Waals surface area contributed by atoms with Gasteiger partial charge < -0.3 is 0 Å². The summed E-state index contributed by atoms with van der Waals surface area (Å²) in [6, 6.07) is 9.98. The molecule has 220 valence electrons. The lowest BCUT2D eigenvalue weighted by Crippen LogP contribution is -2.37. The molecule has 0 aromatic heterocycles. The van der Waals surface area contributed by atoms with Crippen molar-refractivity contribution in [1.29, 1.82) is 0 Å². The Morgan fingerprint density at radius 2 is 0.692 bits per heavy atom. The van der Waals surface area contributed by atoms with Crippen molar-refractivity contribution in [3.8, 4) is 0 Å². The minimum Gasteiger partial charge on any atom is -0.0582 e. The average Bonchev–Trinajstić information content (AvgIpc) is 2.67. The van der Waals surface area contributed by atoms with Gasteiger partial charge in [0.15, 0.2) is 0 Å². The lowest BCUT2D eigenvalue weighted by atomic mass is 9.59. The zero-order valence-corrected chi connectivity index (χ0v) is 29.8. The fourth-order valence-electron chi connectivity index (χ4n) is 6.40. The van der Waals surface area contributed by atoms with Crippen molar-refractivity contribution in [2.24, 2.45) is 0 Å². The SMILES string of the molecule is CC(C)(C)c1ccc(C(C)(C)c2cc(C(C)(C)C)c(C(C)(C)C)c(C(C)(C)C)c2C(C)(C)C)c(C(C)(C)C)c1. The normalized spacial score (nSPS) is 14.7. The molecule has 2 aromatic rings. The van der Waals surface area contributed by atoms with Crippen molar-refractivity contribution in [1.82, 2.24) is 0 Å². The summed E-state index contributed by atoms with van der Waals surface area (Å²) in [5.41, 5.74) is 12.1. The molecular formula is C39H64. The third-order valence-electron chi connectivity index (χ3n) is 8.43. The van der Waals surface area contributed by atoms with Crippen LogP contribution in [0.15, 0.2) is 24.3 Å². The van der Waals surface area contributed by atoms with Crippen LogP contribution in [0.1, 0.15) is 183 Å². The highest BCUT2D eigenvalue weighted by Gasteiger charge is 2.42. The van der Waals surface area contributed by atoms with Crippen LogP contribution in [-0.2, 0) is 37.9 Å². The summed E-state index contributed by atoms with van der Waals surface area (Å²) in [6.45, 7) is 48.1. The number of rotatable bonds is 2. The van der Waals surface area contributed by atoms with E-state index in [0.717, 1.165) is 0 Å². The molecule has 0 atom stereocenters. The Morgan fingerprint density at radius 3 is 1.03 bits per heavy atom. The van der Waals surface area contributed by atoms with E-state index in [2.05, 4.69) is 163 Å². The molecule has 0 aliphatic rings. The van der Waals surface area contributed by atoms with Crippen LogP contribution in [0.3, 0.4) is 0 Å². The Balaban J connectivity index is 3.30. The highest BCUT2D eigenvalue weighted by atomic mass is 14.5. The second kappa shape index (κ2) is 9.77. The lowest BCUT2D eigenvalue weighted by Gasteiger charge is -2.45. The maximum absolute atomic E-state index is 2.63. The Hall–Kier alpha value is -1.56. The van der Waals surface area contributed by atoms with Gasteiger partial charge in [-0.1, -0.05) is 163 Å². The van der Waals surface area contributed by atoms with Crippen LogP contribution in [0, 0.1) is 0 Å². The maximum atomic E-state index is 2.63. The van der Waals surface area contributed by atoms with Crippen LogP contribution in [0.5, 0.6) is 0 Å². The molecule has 0 saturated carbocycles. The van der Waals surface area contributed by atoms with Gasteiger partial charge in [0.25, 0.3) is 0 Å². The van der Waals surface area contributed by atoms with E-state index in [1.54, 1.807) is 11.1 Å². The molecular weight excluding hydrogens is 468 g/mol. The van der Waals surface area contributed by atoms with E-state index in [1.807, 2.05) is 0 Å². The van der Waals surface area contributed by atoms with Gasteiger partial charge >= 0.3 is 0 Å². The molecule has 0 nitrogen and oxygen atoms in total. The van der Waals surface area contributed by atoms with Crippen molar-refractivity contribution in [3.05, 3.63) is 68.8 Å². The maximum Gasteiger partial charge on any atom is 0.0152 e. The van der Waals surface area contributed by atoms with E-state index in [1.165, 1.54) is 33.4 Å². The van der Waals surface area contributed by atoms with E-state index in [-0.39, 0.29) is 37.9 Å². The van der Waals surface area contributed by atoms with Gasteiger partial charge in [0.2, 0.25) is 0 Å². The van der Waals surface area contributed by atoms with E-state index < -0.39 is 0 Å². The Bertz CT molecular complexity index is 1190. The molecule has 0 saturated heterocycles. The van der Waals surface area contributed by atoms with Crippen molar-refractivity contribution in [2.75, 3.05) is 0 Å². The Labute approximate surface area is 244 Å². The largest absolute Gasteiger partial charge is 0.0582 e. The summed E-state index contributed by atoms with van der Waals surface area (Å²) in [5, 5.41) is 0. The third kappa shape index (κ3) is 6.85. The van der Waals surface area contributed by atoms with Gasteiger partial charge in [-0.2, -0.15) is 0 Å². The summed E-state index contributed by atoms with van der Waals surface area (Å²) >= 11 is 0. The second-order valence-corrected chi connectivity index (χ2v) is 19.0. The quantitative estimate of drug-likeness (QED) is 0.361. The molecule has 0 heteroatoms. The molecule has 0 spiro atoms. The molecule has 0 aliphatic heterocycles. The predicted octanol–water partition coefficient (Wildman–Crippen LogP) is 11.8. The molecule has 0 amide bonds. The zero-order valence-electron chi connectivity index (χ0n) is 29.8. The fraction of sp³-hybridized carbons (Fsp3) is 0.692. The monoisotopic (exact) mass is 533 g/mol. The topological polar surface area (TPSA) is 0 Å². The summed E-state index contributed by atoms with van der Waals surface area (Å²) in [7, 11) is 0. The predicted molar refractivity (Wildman–Crippen MR) is 177 cm³/mol. The van der Waals surface area contributed by atoms with E-state index in [4.69, 9.17) is 0 Å². The average molecular weight is 533 g/mol. The van der Waals surface area contributed by atoms with Crippen LogP contribution in [-0.4, -0.2) is 0 Å². The summed E-state index contributed by atoms with van der Waals surface area (Å²) in [5.74, 6) is 0. The first-order valence-electron chi connectivity index (χ1n) is 15.3. The molecule has 2 aromatic carbocycles. The highest BCUT2D eigenvalue weighted by Crippen LogP contribution is 2.51. The highest BCUT2D eigenvalue weighted by molar-refractivity contribution is 5.61. The van der Waals surface area contributed by atoms with Crippen LogP contribution in [0.4, 0.5) is 0 Å². The number of hydrogen-bond acceptors (Lipinski definition) is 0. The van der Waals surface area contributed by atoms with Crippen molar-refractivity contribution >= 4 is 0 Å². The van der Waals surface area contributed by atoms with Crippen LogP contribution < -0.4 is 0 Å². The van der Waals surface area contributed by atoms with Gasteiger partial charge in [-0.3, -0.25) is 0 Å². The van der Waals surface area contributed by atoms with Gasteiger partial charge in [-0.05, 0) is 77.0 Å². The molecule has 2 rings (SSSR count). The van der Waals surface area contributed by atoms with Crippen molar-refractivity contribution in [3.63, 3.8) is 0 Å². The summed E-state index contributed by atoms with van der Waals surface area (Å²) in [6.07, 6.45) is 0. The van der Waals surface area contributed by atoms with Crippen molar-refractivity contribution in [2.45, 2.75) is 176 Å². The Morgan fingerprint density at radius 1 is 0.308 bits per heavy atom. The van der Waals surface area contributed by atoms with Gasteiger partial charge in [-0.15, -0.1) is 0 Å². The summed E-state index contributed by atoms with van der Waals surface area (Å²) < 4.78 is 0. The smallest absolute Gasteiger partial charge is 0.0152 e. The third-order valence-corrected chi connectivity index (χ3v) is 8.43. The molecule has 0 heterocycles. The Kier molecular flexibility index (Phi) is 8.43. The van der Waals surface area contributed by atoms with Gasteiger partial charge in [-0.25, -0.2) is 0 Å². The van der Waals surface area contributed by atoms with Crippen LogP contribution >= 0.6 is 0 Å². The first-order valence-corrected chi connectivity index (χ1v) is 15.3. The second-order valence-electron chi connectivity index (χ2n) is 19.0. The van der Waals surface area contributed by atoms with E-state index >= 15 is 0 Å². The summed E-state index contributed by atoms with van der Waals surface area (Å²) in [4.78, 5) is 0. The van der Waals surface area contributed by atoms with Crippen LogP contribution in [0.2, 0.25) is 0 Å². The molecule has 0 unspecified atom stereocenters. The number of hydrogen-bond donors (Lipinski definition) is 0. The molecule has 0 aliphatic carbocycles. The molecule has 0 bridgehead atoms. The van der Waals surface area contributed by atoms with Crippen LogP contribution in [0.25, 0.3) is 0 Å². The molecule has 0 fully saturated rings. The minimum absolute atomic E-state index is 0.00111. The van der Waals surface area contributed by atoms with Crippen molar-refractivity contribution < 1.29 is 0 Å². The first-order chi connectivity index (χ1) is 16.9. The van der Waals surface area contributed by atoms with Gasteiger partial charge in [0.05, 0.1) is 0 Å². The lowest BCUT2D eigenvalue weighted by molar-refractivity contribution is 0.462. The van der Waals surface area contributed by atoms with E-state index in [0.29, 0.717) is 0 Å².